The molecule has 7 aromatic carbocycles. The number of rotatable bonds is 4. The van der Waals surface area contributed by atoms with Crippen LogP contribution in [0.5, 0.6) is 0 Å². The van der Waals surface area contributed by atoms with E-state index in [0.29, 0.717) is 0 Å². The summed E-state index contributed by atoms with van der Waals surface area (Å²) in [5.74, 6) is 0.276. The number of anilines is 2. The first kappa shape index (κ1) is 28.3. The number of hydrogen-bond donors (Lipinski definition) is 0. The summed E-state index contributed by atoms with van der Waals surface area (Å²) in [5, 5.41) is 4.84. The molecule has 11 rings (SSSR count). The van der Waals surface area contributed by atoms with Crippen molar-refractivity contribution in [1.82, 2.24) is 4.57 Å². The third-order valence-corrected chi connectivity index (χ3v) is 10.9. The Morgan fingerprint density at radius 2 is 1.18 bits per heavy atom. The van der Waals surface area contributed by atoms with Gasteiger partial charge in [-0.1, -0.05) is 121 Å². The van der Waals surface area contributed by atoms with Crippen LogP contribution in [0.3, 0.4) is 0 Å². The summed E-state index contributed by atoms with van der Waals surface area (Å²) in [6.07, 6.45) is 9.09. The van der Waals surface area contributed by atoms with Gasteiger partial charge in [-0.2, -0.15) is 0 Å². The summed E-state index contributed by atoms with van der Waals surface area (Å²) >= 11 is 0. The molecule has 1 aliphatic carbocycles. The lowest BCUT2D eigenvalue weighted by Gasteiger charge is -2.28. The molecule has 0 bridgehead atoms. The number of hydrogen-bond acceptors (Lipinski definition) is 2. The van der Waals surface area contributed by atoms with E-state index in [0.717, 1.165) is 33.1 Å². The number of furan rings is 1. The molecule has 0 saturated heterocycles. The number of para-hydroxylation sites is 4. The van der Waals surface area contributed by atoms with Gasteiger partial charge in [-0.25, -0.2) is 0 Å². The highest BCUT2D eigenvalue weighted by molar-refractivity contribution is 6.11. The van der Waals surface area contributed by atoms with Crippen LogP contribution >= 0.6 is 0 Å². The van der Waals surface area contributed by atoms with Gasteiger partial charge in [0.05, 0.1) is 17.1 Å². The van der Waals surface area contributed by atoms with Gasteiger partial charge in [0.15, 0.2) is 0 Å². The Morgan fingerprint density at radius 1 is 0.471 bits per heavy atom. The van der Waals surface area contributed by atoms with Crippen LogP contribution in [-0.4, -0.2) is 10.6 Å². The molecule has 0 amide bonds. The van der Waals surface area contributed by atoms with Crippen molar-refractivity contribution in [3.8, 4) is 27.9 Å². The summed E-state index contributed by atoms with van der Waals surface area (Å²) in [7, 11) is 0. The molecule has 2 aliphatic rings. The molecule has 1 aliphatic heterocycles. The zero-order chi connectivity index (χ0) is 33.5. The van der Waals surface area contributed by atoms with Crippen LogP contribution < -0.4 is 4.90 Å². The van der Waals surface area contributed by atoms with Crippen LogP contribution in [0.4, 0.5) is 11.4 Å². The molecular formula is C48H32N2O. The van der Waals surface area contributed by atoms with E-state index in [1.165, 1.54) is 55.6 Å². The van der Waals surface area contributed by atoms with E-state index >= 15 is 0 Å². The van der Waals surface area contributed by atoms with Gasteiger partial charge in [0.2, 0.25) is 0 Å². The maximum atomic E-state index is 6.37. The molecule has 2 atom stereocenters. The van der Waals surface area contributed by atoms with Crippen molar-refractivity contribution in [1.29, 1.82) is 0 Å². The van der Waals surface area contributed by atoms with Gasteiger partial charge in [0.1, 0.15) is 11.2 Å². The number of aromatic nitrogens is 1. The minimum Gasteiger partial charge on any atom is -0.455 e. The maximum Gasteiger partial charge on any atom is 0.143 e. The standard InChI is InChI=1S/C48H32N2O/c1-2-11-34(12-3-1)49-43-18-7-4-13-37(43)41-29-32(23-27-45(41)49)33-24-28-46-42(30-33)38-14-5-8-19-44(38)50(46)35-25-21-31(22-26-35)36-16-10-17-40-39-15-6-9-20-47(39)51-48(36)40/h1-30,38,44H. The average Bonchev–Trinajstić information content (AvgIpc) is 3.86. The van der Waals surface area contributed by atoms with E-state index in [4.69, 9.17) is 4.42 Å². The van der Waals surface area contributed by atoms with Gasteiger partial charge in [0, 0.05) is 50.1 Å². The van der Waals surface area contributed by atoms with Crippen molar-refractivity contribution in [2.75, 3.05) is 4.90 Å². The molecule has 51 heavy (non-hydrogen) atoms. The summed E-state index contributed by atoms with van der Waals surface area (Å²) in [6, 6.07) is 57.3. The van der Waals surface area contributed by atoms with E-state index in [1.54, 1.807) is 0 Å². The zero-order valence-corrected chi connectivity index (χ0v) is 27.8. The Bertz CT molecular complexity index is 2870. The van der Waals surface area contributed by atoms with Crippen molar-refractivity contribution >= 4 is 55.1 Å². The van der Waals surface area contributed by atoms with Crippen molar-refractivity contribution in [3.63, 3.8) is 0 Å². The minimum absolute atomic E-state index is 0.219. The summed E-state index contributed by atoms with van der Waals surface area (Å²) < 4.78 is 8.75. The molecule has 240 valence electrons. The number of allylic oxidation sites excluding steroid dienone is 2. The number of fused-ring (bicyclic) bond motifs is 9. The first-order chi connectivity index (χ1) is 25.3. The quantitative estimate of drug-likeness (QED) is 0.189. The summed E-state index contributed by atoms with van der Waals surface area (Å²) in [5.41, 5.74) is 14.0. The zero-order valence-electron chi connectivity index (χ0n) is 27.8. The highest BCUT2D eigenvalue weighted by Crippen LogP contribution is 2.49. The molecule has 3 nitrogen and oxygen atoms in total. The van der Waals surface area contributed by atoms with Gasteiger partial charge < -0.3 is 13.9 Å². The van der Waals surface area contributed by atoms with Crippen molar-refractivity contribution in [2.45, 2.75) is 12.0 Å². The Balaban J connectivity index is 0.988. The SMILES string of the molecule is C1=CC2c3cc(-c4ccc5c(c4)c4ccccc4n5-c4ccccc4)ccc3N(c3ccc(-c4cccc5c4oc4ccccc45)cc3)C2C=C1. The molecule has 2 aromatic heterocycles. The Hall–Kier alpha value is -6.58. The van der Waals surface area contributed by atoms with E-state index in [2.05, 4.69) is 179 Å². The fourth-order valence-corrected chi connectivity index (χ4v) is 8.61. The highest BCUT2D eigenvalue weighted by atomic mass is 16.3. The lowest BCUT2D eigenvalue weighted by molar-refractivity contribution is 0.670. The highest BCUT2D eigenvalue weighted by Gasteiger charge is 2.37. The Morgan fingerprint density at radius 3 is 2.08 bits per heavy atom. The molecule has 0 saturated carbocycles. The van der Waals surface area contributed by atoms with Crippen molar-refractivity contribution in [2.24, 2.45) is 0 Å². The molecule has 0 spiro atoms. The molecular weight excluding hydrogens is 621 g/mol. The van der Waals surface area contributed by atoms with Crippen LogP contribution in [0, 0.1) is 0 Å². The van der Waals surface area contributed by atoms with E-state index in [1.807, 2.05) is 12.1 Å². The smallest absolute Gasteiger partial charge is 0.143 e. The van der Waals surface area contributed by atoms with E-state index in [-0.39, 0.29) is 12.0 Å². The molecule has 9 aromatic rings. The molecule has 0 fully saturated rings. The van der Waals surface area contributed by atoms with Crippen LogP contribution in [0.15, 0.2) is 186 Å². The third-order valence-electron chi connectivity index (χ3n) is 10.9. The van der Waals surface area contributed by atoms with Gasteiger partial charge in [-0.15, -0.1) is 0 Å². The third kappa shape index (κ3) is 4.25. The lowest BCUT2D eigenvalue weighted by Crippen LogP contribution is -2.28. The van der Waals surface area contributed by atoms with Crippen LogP contribution in [-0.2, 0) is 0 Å². The molecule has 3 heterocycles. The predicted octanol–water partition coefficient (Wildman–Crippen LogP) is 12.7. The fraction of sp³-hybridized carbons (Fsp3) is 0.0417. The van der Waals surface area contributed by atoms with Crippen LogP contribution in [0.25, 0.3) is 71.7 Å². The molecule has 0 N–H and O–H groups in total. The summed E-state index contributed by atoms with van der Waals surface area (Å²) in [4.78, 5) is 2.51. The minimum atomic E-state index is 0.219. The van der Waals surface area contributed by atoms with Gasteiger partial charge in [-0.3, -0.25) is 0 Å². The van der Waals surface area contributed by atoms with E-state index < -0.39 is 0 Å². The largest absolute Gasteiger partial charge is 0.455 e. The van der Waals surface area contributed by atoms with Gasteiger partial charge >= 0.3 is 0 Å². The second-order valence-corrected chi connectivity index (χ2v) is 13.7. The fourth-order valence-electron chi connectivity index (χ4n) is 8.61. The van der Waals surface area contributed by atoms with Crippen molar-refractivity contribution < 1.29 is 4.42 Å². The average molecular weight is 653 g/mol. The lowest BCUT2D eigenvalue weighted by atomic mass is 9.89. The Kier molecular flexibility index (Phi) is 6.08. The summed E-state index contributed by atoms with van der Waals surface area (Å²) in [6.45, 7) is 0. The van der Waals surface area contributed by atoms with Crippen LogP contribution in [0.2, 0.25) is 0 Å². The van der Waals surface area contributed by atoms with Crippen molar-refractivity contribution in [3.05, 3.63) is 188 Å². The topological polar surface area (TPSA) is 21.3 Å². The first-order valence-electron chi connectivity index (χ1n) is 17.7. The number of benzene rings is 7. The Labute approximate surface area is 295 Å². The number of nitrogens with zero attached hydrogens (tertiary/aromatic N) is 2. The molecule has 3 heteroatoms. The molecule has 2 unspecified atom stereocenters. The normalized spacial score (nSPS) is 16.4. The second kappa shape index (κ2) is 11.0. The van der Waals surface area contributed by atoms with E-state index in [9.17, 15) is 0 Å². The monoisotopic (exact) mass is 652 g/mol. The second-order valence-electron chi connectivity index (χ2n) is 13.7. The van der Waals surface area contributed by atoms with Gasteiger partial charge in [-0.05, 0) is 82.9 Å². The first-order valence-corrected chi connectivity index (χ1v) is 17.7. The predicted molar refractivity (Wildman–Crippen MR) is 212 cm³/mol. The molecule has 0 radical (unpaired) electrons. The van der Waals surface area contributed by atoms with Crippen LogP contribution in [0.1, 0.15) is 11.5 Å². The maximum absolute atomic E-state index is 6.37. The van der Waals surface area contributed by atoms with Gasteiger partial charge in [0.25, 0.3) is 0 Å².